The number of benzene rings is 2. The summed E-state index contributed by atoms with van der Waals surface area (Å²) in [6.45, 7) is 2.03. The van der Waals surface area contributed by atoms with Crippen molar-refractivity contribution in [3.63, 3.8) is 0 Å². The highest BCUT2D eigenvalue weighted by Gasteiger charge is 2.31. The molecule has 4 rings (SSSR count). The number of hydrogen-bond donors (Lipinski definition) is 1. The van der Waals surface area contributed by atoms with Crippen LogP contribution in [0.1, 0.15) is 56.4 Å². The van der Waals surface area contributed by atoms with Crippen LogP contribution in [0.15, 0.2) is 54.9 Å². The molecule has 1 N–H and O–H groups in total. The Hall–Kier alpha value is -4.08. The van der Waals surface area contributed by atoms with Gasteiger partial charge in [0, 0.05) is 18.4 Å². The van der Waals surface area contributed by atoms with Crippen LogP contribution in [0, 0.1) is 11.1 Å². The number of pyridine rings is 1. The third kappa shape index (κ3) is 12.4. The van der Waals surface area contributed by atoms with Gasteiger partial charge < -0.3 is 33.7 Å². The monoisotopic (exact) mass is 760 g/mol. The fraction of sp³-hybridized carbons (Fsp3) is 0.424. The summed E-state index contributed by atoms with van der Waals surface area (Å²) in [5.74, 6) is -0.888. The second-order valence-electron chi connectivity index (χ2n) is 12.6. The molecule has 1 heterocycles. The Labute approximate surface area is 298 Å². The van der Waals surface area contributed by atoms with Crippen LogP contribution in [-0.4, -0.2) is 51.6 Å². The fourth-order valence-electron chi connectivity index (χ4n) is 4.62. The first-order valence-corrected chi connectivity index (χ1v) is 17.9. The maximum atomic E-state index is 14.0. The van der Waals surface area contributed by atoms with E-state index in [-0.39, 0.29) is 63.8 Å². The highest BCUT2D eigenvalue weighted by molar-refractivity contribution is 7.86. The average molecular weight is 762 g/mol. The van der Waals surface area contributed by atoms with E-state index in [1.54, 1.807) is 20.8 Å². The van der Waals surface area contributed by atoms with E-state index >= 15 is 0 Å². The molecule has 1 saturated carbocycles. The van der Waals surface area contributed by atoms with Crippen molar-refractivity contribution in [3.05, 3.63) is 86.8 Å². The van der Waals surface area contributed by atoms with Crippen molar-refractivity contribution < 1.29 is 54.6 Å². The molecule has 1 aliphatic carbocycles. The minimum atomic E-state index is -3.79. The molecule has 50 heavy (non-hydrogen) atoms. The van der Waals surface area contributed by atoms with Gasteiger partial charge in [-0.15, -0.1) is 0 Å². The molecule has 1 amide bonds. The lowest BCUT2D eigenvalue weighted by Crippen LogP contribution is -2.45. The highest BCUT2D eigenvalue weighted by atomic mass is 35.5. The number of nitrogens with zero attached hydrogens (tertiary/aromatic N) is 1. The zero-order valence-corrected chi connectivity index (χ0v) is 29.8. The van der Waals surface area contributed by atoms with E-state index in [4.69, 9.17) is 41.6 Å². The van der Waals surface area contributed by atoms with Gasteiger partial charge in [-0.05, 0) is 74.9 Å². The van der Waals surface area contributed by atoms with E-state index in [0.29, 0.717) is 10.3 Å². The number of ether oxygens (including phenoxy) is 4. The summed E-state index contributed by atoms with van der Waals surface area (Å²) in [4.78, 5) is 26.8. The highest BCUT2D eigenvalue weighted by Crippen LogP contribution is 2.38. The predicted molar refractivity (Wildman–Crippen MR) is 178 cm³/mol. The molecule has 2 aromatic carbocycles. The number of carbonyl (C=O) groups excluding carboxylic acids is 2. The first kappa shape index (κ1) is 38.7. The molecule has 12 nitrogen and oxygen atoms in total. The van der Waals surface area contributed by atoms with Crippen molar-refractivity contribution >= 4 is 45.4 Å². The van der Waals surface area contributed by atoms with Gasteiger partial charge in [-0.25, -0.2) is 9.59 Å². The van der Waals surface area contributed by atoms with Crippen molar-refractivity contribution in [3.8, 4) is 17.2 Å². The predicted octanol–water partition coefficient (Wildman–Crippen LogP) is 6.32. The molecule has 0 bridgehead atoms. The molecule has 1 aromatic heterocycles. The lowest BCUT2D eigenvalue weighted by atomic mass is 10.0. The summed E-state index contributed by atoms with van der Waals surface area (Å²) in [6, 6.07) is 8.45. The zero-order chi connectivity index (χ0) is 36.8. The van der Waals surface area contributed by atoms with Crippen LogP contribution in [0.4, 0.5) is 13.6 Å². The normalized spacial score (nSPS) is 14.4. The van der Waals surface area contributed by atoms with E-state index in [1.807, 2.05) is 0 Å². The molecule has 2 atom stereocenters. The van der Waals surface area contributed by atoms with Crippen LogP contribution < -0.4 is 23.7 Å². The van der Waals surface area contributed by atoms with Crippen molar-refractivity contribution in [2.45, 2.75) is 70.8 Å². The van der Waals surface area contributed by atoms with Crippen molar-refractivity contribution in [1.29, 1.82) is 0 Å². The van der Waals surface area contributed by atoms with Crippen LogP contribution in [0.3, 0.4) is 0 Å². The molecule has 17 heteroatoms. The minimum absolute atomic E-state index is 0.0155. The van der Waals surface area contributed by atoms with Crippen molar-refractivity contribution in [2.24, 2.45) is 5.92 Å². The molecule has 0 spiro atoms. The van der Waals surface area contributed by atoms with Crippen LogP contribution in [0.5, 0.6) is 17.2 Å². The van der Waals surface area contributed by atoms with Gasteiger partial charge in [-0.3, -0.25) is 0 Å². The summed E-state index contributed by atoms with van der Waals surface area (Å²) in [5, 5.41) is 14.4. The maximum Gasteiger partial charge on any atom is 0.408 e. The van der Waals surface area contributed by atoms with Gasteiger partial charge in [0.25, 0.3) is 0 Å². The van der Waals surface area contributed by atoms with Crippen LogP contribution >= 0.6 is 23.2 Å². The third-order valence-electron chi connectivity index (χ3n) is 7.02. The quantitative estimate of drug-likeness (QED) is 0.0806. The average Bonchev–Trinajstić information content (AvgIpc) is 3.81. The van der Waals surface area contributed by atoms with Gasteiger partial charge in [0.05, 0.1) is 12.9 Å². The Bertz CT molecular complexity index is 1760. The van der Waals surface area contributed by atoms with Crippen LogP contribution in [0.25, 0.3) is 0 Å². The molecule has 0 saturated heterocycles. The van der Waals surface area contributed by atoms with Crippen molar-refractivity contribution in [2.75, 3.05) is 12.9 Å². The number of hydrogen-bond acceptors (Lipinski definition) is 10. The zero-order valence-electron chi connectivity index (χ0n) is 27.5. The number of alkyl carbamates (subject to hydrolysis) is 1. The summed E-state index contributed by atoms with van der Waals surface area (Å²) in [5.41, 5.74) is 0.0858. The Kier molecular flexibility index (Phi) is 12.6. The standard InChI is InChI=1S/C33H36Cl2F2N2O10S/c1-33(2,3)48-32(41)38-26(13-19-7-10-22(11-8-19)49-50(4,43)44)30(40)46-28(15-23-24(34)16-39(42)17-25(23)35)21-9-12-27(47-31(36)37)29(14-21)45-18-20-5-6-20/h7-12,14,16-17,20,26,28,31H,5-6,13,15,18H2,1-4H3,(H,38,41). The van der Waals surface area contributed by atoms with E-state index < -0.39 is 46.5 Å². The number of nitrogens with one attached hydrogen (secondary N) is 1. The van der Waals surface area contributed by atoms with Gasteiger partial charge in [-0.1, -0.05) is 41.4 Å². The number of halogens is 4. The second-order valence-corrected chi connectivity index (χ2v) is 15.0. The van der Waals surface area contributed by atoms with E-state index in [2.05, 4.69) is 10.1 Å². The smallest absolute Gasteiger partial charge is 0.408 e. The lowest BCUT2D eigenvalue weighted by Gasteiger charge is -2.26. The molecule has 0 radical (unpaired) electrons. The first-order chi connectivity index (χ1) is 23.3. The van der Waals surface area contributed by atoms with E-state index in [0.717, 1.165) is 31.5 Å². The second kappa shape index (κ2) is 16.3. The molecule has 2 unspecified atom stereocenters. The topological polar surface area (TPSA) is 153 Å². The van der Waals surface area contributed by atoms with E-state index in [1.165, 1.54) is 42.5 Å². The van der Waals surface area contributed by atoms with Gasteiger partial charge >= 0.3 is 28.8 Å². The Morgan fingerprint density at radius 3 is 2.22 bits per heavy atom. The summed E-state index contributed by atoms with van der Waals surface area (Å²) >= 11 is 12.7. The molecule has 272 valence electrons. The van der Waals surface area contributed by atoms with Crippen molar-refractivity contribution in [1.82, 2.24) is 5.32 Å². The number of aromatic nitrogens is 1. The Balaban J connectivity index is 1.69. The molecule has 3 aromatic rings. The fourth-order valence-corrected chi connectivity index (χ4v) is 5.68. The Morgan fingerprint density at radius 2 is 1.66 bits per heavy atom. The number of rotatable bonds is 15. The number of alkyl halides is 2. The van der Waals surface area contributed by atoms with Crippen LogP contribution in [-0.2, 0) is 37.2 Å². The summed E-state index contributed by atoms with van der Waals surface area (Å²) in [7, 11) is -3.79. The molecular weight excluding hydrogens is 725 g/mol. The first-order valence-electron chi connectivity index (χ1n) is 15.3. The van der Waals surface area contributed by atoms with Gasteiger partial charge in [-0.2, -0.15) is 21.9 Å². The summed E-state index contributed by atoms with van der Waals surface area (Å²) < 4.78 is 76.6. The number of carbonyl (C=O) groups is 2. The van der Waals surface area contributed by atoms with E-state index in [9.17, 15) is 32.0 Å². The van der Waals surface area contributed by atoms with Gasteiger partial charge in [0.15, 0.2) is 23.9 Å². The van der Waals surface area contributed by atoms with Gasteiger partial charge in [0.2, 0.25) is 0 Å². The SMILES string of the molecule is CC(C)(C)OC(=O)NC(Cc1ccc(OS(C)(=O)=O)cc1)C(=O)OC(Cc1c(Cl)c[n+]([O-])cc1Cl)c1ccc(OC(F)F)c(OCC2CC2)c1. The third-order valence-corrected chi connectivity index (χ3v) is 8.17. The largest absolute Gasteiger partial charge is 0.619 e. The molecular formula is C33H36Cl2F2N2O10S. The number of esters is 1. The van der Waals surface area contributed by atoms with Crippen LogP contribution in [0.2, 0.25) is 10.0 Å². The molecule has 1 aliphatic rings. The molecule has 1 fully saturated rings. The lowest BCUT2D eigenvalue weighted by molar-refractivity contribution is -0.605. The number of amides is 1. The maximum absolute atomic E-state index is 14.0. The van der Waals surface area contributed by atoms with Gasteiger partial charge in [0.1, 0.15) is 33.5 Å². The minimum Gasteiger partial charge on any atom is -0.619 e. The Morgan fingerprint density at radius 1 is 1.02 bits per heavy atom. The molecule has 0 aliphatic heterocycles. The summed E-state index contributed by atoms with van der Waals surface area (Å²) in [6.07, 6.45) is 2.42.